The van der Waals surface area contributed by atoms with Gasteiger partial charge in [0, 0.05) is 10.0 Å². The lowest BCUT2D eigenvalue weighted by Crippen LogP contribution is -2.13. The Bertz CT molecular complexity index is 649. The van der Waals surface area contributed by atoms with E-state index in [-0.39, 0.29) is 20.7 Å². The minimum absolute atomic E-state index is 0.153. The van der Waals surface area contributed by atoms with Gasteiger partial charge < -0.3 is 4.74 Å². The maximum absolute atomic E-state index is 13.0. The fourth-order valence-electron chi connectivity index (χ4n) is 1.70. The zero-order valence-electron chi connectivity index (χ0n) is 10.1. The Kier molecular flexibility index (Phi) is 4.19. The number of hydrogen-bond donors (Lipinski definition) is 0. The highest BCUT2D eigenvalue weighted by atomic mass is 79.9. The van der Waals surface area contributed by atoms with Crippen LogP contribution in [0.5, 0.6) is 5.75 Å². The molecule has 2 aromatic rings. The lowest BCUT2D eigenvalue weighted by molar-refractivity contribution is -0.137. The summed E-state index contributed by atoms with van der Waals surface area (Å²) in [5.74, 6) is -0.423. The molecule has 0 N–H and O–H groups in total. The average Bonchev–Trinajstić information content (AvgIpc) is 2.85. The third-order valence-corrected chi connectivity index (χ3v) is 3.97. The molecule has 0 bridgehead atoms. The van der Waals surface area contributed by atoms with Crippen LogP contribution in [0, 0.1) is 0 Å². The highest BCUT2D eigenvalue weighted by molar-refractivity contribution is 9.10. The maximum atomic E-state index is 13.0. The summed E-state index contributed by atoms with van der Waals surface area (Å²) in [5.41, 5.74) is -1.35. The summed E-state index contributed by atoms with van der Waals surface area (Å²) in [6, 6.07) is 5.01. The molecule has 1 heterocycles. The van der Waals surface area contributed by atoms with E-state index in [1.54, 1.807) is 11.4 Å². The van der Waals surface area contributed by atoms with Crippen LogP contribution in [0.4, 0.5) is 13.2 Å². The summed E-state index contributed by atoms with van der Waals surface area (Å²) < 4.78 is 44.3. The van der Waals surface area contributed by atoms with Crippen molar-refractivity contribution in [3.8, 4) is 5.75 Å². The SMILES string of the molecule is COc1ccsc1C(=O)c1ccc(Br)cc1C(F)(F)F. The molecule has 0 radical (unpaired) electrons. The van der Waals surface area contributed by atoms with Crippen LogP contribution in [0.15, 0.2) is 34.1 Å². The van der Waals surface area contributed by atoms with Crippen LogP contribution in [0.2, 0.25) is 0 Å². The van der Waals surface area contributed by atoms with Gasteiger partial charge in [0.15, 0.2) is 0 Å². The quantitative estimate of drug-likeness (QED) is 0.733. The molecule has 2 rings (SSSR count). The molecule has 2 nitrogen and oxygen atoms in total. The summed E-state index contributed by atoms with van der Waals surface area (Å²) in [6.07, 6.45) is -4.60. The fourth-order valence-corrected chi connectivity index (χ4v) is 2.87. The van der Waals surface area contributed by atoms with Gasteiger partial charge in [0.05, 0.1) is 12.7 Å². The zero-order chi connectivity index (χ0) is 14.9. The number of rotatable bonds is 3. The molecule has 0 aliphatic heterocycles. The van der Waals surface area contributed by atoms with E-state index in [1.165, 1.54) is 13.2 Å². The number of thiophene rings is 1. The third kappa shape index (κ3) is 2.88. The Morgan fingerprint density at radius 3 is 2.60 bits per heavy atom. The van der Waals surface area contributed by atoms with Crippen LogP contribution in [0.1, 0.15) is 20.8 Å². The van der Waals surface area contributed by atoms with Gasteiger partial charge >= 0.3 is 6.18 Å². The first-order valence-corrected chi connectivity index (χ1v) is 7.04. The average molecular weight is 365 g/mol. The van der Waals surface area contributed by atoms with Crippen molar-refractivity contribution in [3.63, 3.8) is 0 Å². The molecule has 0 saturated heterocycles. The number of carbonyl (C=O) groups is 1. The molecule has 0 saturated carbocycles. The monoisotopic (exact) mass is 364 g/mol. The van der Waals surface area contributed by atoms with E-state index >= 15 is 0 Å². The van der Waals surface area contributed by atoms with Crippen molar-refractivity contribution in [3.05, 3.63) is 50.1 Å². The number of methoxy groups -OCH3 is 1. The van der Waals surface area contributed by atoms with E-state index in [2.05, 4.69) is 15.9 Å². The molecule has 0 amide bonds. The summed E-state index contributed by atoms with van der Waals surface area (Å²) in [6.45, 7) is 0. The molecule has 1 aromatic carbocycles. The van der Waals surface area contributed by atoms with E-state index in [0.717, 1.165) is 23.5 Å². The Labute approximate surface area is 125 Å². The smallest absolute Gasteiger partial charge is 0.417 e. The zero-order valence-corrected chi connectivity index (χ0v) is 12.5. The van der Waals surface area contributed by atoms with Gasteiger partial charge in [-0.1, -0.05) is 15.9 Å². The number of hydrogen-bond acceptors (Lipinski definition) is 3. The molecule has 1 aromatic heterocycles. The van der Waals surface area contributed by atoms with Gasteiger partial charge in [-0.25, -0.2) is 0 Å². The van der Waals surface area contributed by atoms with Crippen molar-refractivity contribution in [2.75, 3.05) is 7.11 Å². The van der Waals surface area contributed by atoms with Crippen molar-refractivity contribution < 1.29 is 22.7 Å². The van der Waals surface area contributed by atoms with Crippen molar-refractivity contribution in [2.45, 2.75) is 6.18 Å². The first kappa shape index (κ1) is 15.1. The summed E-state index contributed by atoms with van der Waals surface area (Å²) in [7, 11) is 1.37. The number of alkyl halides is 3. The first-order valence-electron chi connectivity index (χ1n) is 5.37. The molecule has 0 unspecified atom stereocenters. The molecule has 0 fully saturated rings. The minimum atomic E-state index is -4.60. The van der Waals surface area contributed by atoms with Gasteiger partial charge in [-0.05, 0) is 29.6 Å². The number of benzene rings is 1. The maximum Gasteiger partial charge on any atom is 0.417 e. The lowest BCUT2D eigenvalue weighted by Gasteiger charge is -2.12. The van der Waals surface area contributed by atoms with Gasteiger partial charge in [0.2, 0.25) is 5.78 Å². The van der Waals surface area contributed by atoms with E-state index in [0.29, 0.717) is 0 Å². The lowest BCUT2D eigenvalue weighted by atomic mass is 10.0. The van der Waals surface area contributed by atoms with Crippen LogP contribution in [-0.4, -0.2) is 12.9 Å². The van der Waals surface area contributed by atoms with Gasteiger partial charge in [-0.3, -0.25) is 4.79 Å². The molecule has 7 heteroatoms. The highest BCUT2D eigenvalue weighted by Gasteiger charge is 2.36. The Morgan fingerprint density at radius 1 is 1.30 bits per heavy atom. The van der Waals surface area contributed by atoms with Crippen LogP contribution >= 0.6 is 27.3 Å². The second kappa shape index (κ2) is 5.57. The van der Waals surface area contributed by atoms with Crippen molar-refractivity contribution >= 4 is 33.0 Å². The second-order valence-corrected chi connectivity index (χ2v) is 5.67. The summed E-state index contributed by atoms with van der Waals surface area (Å²) in [5, 5.41) is 1.60. The summed E-state index contributed by atoms with van der Waals surface area (Å²) >= 11 is 4.03. The number of carbonyl (C=O) groups excluding carboxylic acids is 1. The highest BCUT2D eigenvalue weighted by Crippen LogP contribution is 2.36. The first-order chi connectivity index (χ1) is 9.34. The predicted octanol–water partition coefficient (Wildman–Crippen LogP) is 4.77. The molecule has 0 aliphatic rings. The van der Waals surface area contributed by atoms with E-state index < -0.39 is 17.5 Å². The summed E-state index contributed by atoms with van der Waals surface area (Å²) in [4.78, 5) is 12.4. The van der Waals surface area contributed by atoms with Crippen LogP contribution < -0.4 is 4.74 Å². The normalized spacial score (nSPS) is 11.4. The molecule has 0 spiro atoms. The van der Waals surface area contributed by atoms with Gasteiger partial charge in [0.25, 0.3) is 0 Å². The number of ether oxygens (including phenoxy) is 1. The Hall–Kier alpha value is -1.34. The Balaban J connectivity index is 2.56. The molecular formula is C13H8BrF3O2S. The molecule has 20 heavy (non-hydrogen) atoms. The number of ketones is 1. The topological polar surface area (TPSA) is 26.3 Å². The number of halogens is 4. The third-order valence-electron chi connectivity index (χ3n) is 2.59. The van der Waals surface area contributed by atoms with Crippen molar-refractivity contribution in [1.82, 2.24) is 0 Å². The standard InChI is InChI=1S/C13H8BrF3O2S/c1-19-10-4-5-20-12(10)11(18)8-3-2-7(14)6-9(8)13(15,16)17/h2-6H,1H3. The van der Waals surface area contributed by atoms with E-state index in [1.807, 2.05) is 0 Å². The van der Waals surface area contributed by atoms with E-state index in [4.69, 9.17) is 4.74 Å². The van der Waals surface area contributed by atoms with Crippen molar-refractivity contribution in [1.29, 1.82) is 0 Å². The van der Waals surface area contributed by atoms with Gasteiger partial charge in [0.1, 0.15) is 10.6 Å². The van der Waals surface area contributed by atoms with Gasteiger partial charge in [-0.15, -0.1) is 11.3 Å². The fraction of sp³-hybridized carbons (Fsp3) is 0.154. The predicted molar refractivity (Wildman–Crippen MR) is 73.4 cm³/mol. The Morgan fingerprint density at radius 2 is 2.00 bits per heavy atom. The van der Waals surface area contributed by atoms with Crippen LogP contribution in [0.25, 0.3) is 0 Å². The minimum Gasteiger partial charge on any atom is -0.495 e. The van der Waals surface area contributed by atoms with Crippen LogP contribution in [0.3, 0.4) is 0 Å². The molecule has 106 valence electrons. The van der Waals surface area contributed by atoms with Crippen molar-refractivity contribution in [2.24, 2.45) is 0 Å². The largest absolute Gasteiger partial charge is 0.495 e. The van der Waals surface area contributed by atoms with E-state index in [9.17, 15) is 18.0 Å². The second-order valence-electron chi connectivity index (χ2n) is 3.83. The molecule has 0 atom stereocenters. The molecular weight excluding hydrogens is 357 g/mol. The van der Waals surface area contributed by atoms with Crippen LogP contribution in [-0.2, 0) is 6.18 Å². The molecule has 0 aliphatic carbocycles. The van der Waals surface area contributed by atoms with Gasteiger partial charge in [-0.2, -0.15) is 13.2 Å².